The number of benzene rings is 1. The van der Waals surface area contributed by atoms with Crippen LogP contribution in [0.5, 0.6) is 11.5 Å². The molecule has 32 heavy (non-hydrogen) atoms. The molecule has 2 aliphatic heterocycles. The largest absolute Gasteiger partial charge is 0.493 e. The maximum Gasteiger partial charge on any atom is 0.165 e. The maximum absolute atomic E-state index is 11.4. The van der Waals surface area contributed by atoms with E-state index in [-0.39, 0.29) is 22.9 Å². The summed E-state index contributed by atoms with van der Waals surface area (Å²) in [5.74, 6) is 2.76. The first-order valence-electron chi connectivity index (χ1n) is 12.7. The molecule has 5 unspecified atom stereocenters. The average molecular weight is 440 g/mol. The van der Waals surface area contributed by atoms with Crippen molar-refractivity contribution in [3.63, 3.8) is 0 Å². The number of aliphatic hydroxyl groups is 1. The summed E-state index contributed by atoms with van der Waals surface area (Å²) in [4.78, 5) is 2.84. The van der Waals surface area contributed by atoms with Crippen molar-refractivity contribution in [1.82, 2.24) is 4.90 Å². The van der Waals surface area contributed by atoms with Gasteiger partial charge < -0.3 is 19.3 Å². The second kappa shape index (κ2) is 6.03. The number of hydrogen-bond acceptors (Lipinski definition) is 5. The molecule has 5 fully saturated rings. The first-order chi connectivity index (χ1) is 15.3. The fraction of sp³-hybridized carbons (Fsp3) is 0.778. The highest BCUT2D eigenvalue weighted by Gasteiger charge is 2.81. The van der Waals surface area contributed by atoms with Gasteiger partial charge in [-0.15, -0.1) is 0 Å². The first-order valence-corrected chi connectivity index (χ1v) is 12.7. The van der Waals surface area contributed by atoms with Crippen LogP contribution in [0, 0.1) is 17.3 Å². The number of ether oxygens (including phenoxy) is 3. The lowest BCUT2D eigenvalue weighted by molar-refractivity contribution is -0.300. The molecule has 1 aromatic carbocycles. The minimum Gasteiger partial charge on any atom is -0.493 e. The van der Waals surface area contributed by atoms with Gasteiger partial charge in [0, 0.05) is 42.0 Å². The van der Waals surface area contributed by atoms with Crippen molar-refractivity contribution in [2.45, 2.75) is 87.6 Å². The Morgan fingerprint density at radius 1 is 1.19 bits per heavy atom. The Kier molecular flexibility index (Phi) is 3.79. The molecule has 7 aliphatic rings. The minimum absolute atomic E-state index is 0.0365. The highest BCUT2D eigenvalue weighted by Crippen LogP contribution is 2.77. The Morgan fingerprint density at radius 3 is 2.69 bits per heavy atom. The van der Waals surface area contributed by atoms with E-state index in [1.54, 1.807) is 7.11 Å². The van der Waals surface area contributed by atoms with Crippen LogP contribution in [0.4, 0.5) is 0 Å². The van der Waals surface area contributed by atoms with E-state index in [1.165, 1.54) is 30.5 Å². The molecule has 5 heteroatoms. The van der Waals surface area contributed by atoms with Gasteiger partial charge in [0.25, 0.3) is 0 Å². The predicted molar refractivity (Wildman–Crippen MR) is 121 cm³/mol. The molecule has 4 saturated carbocycles. The summed E-state index contributed by atoms with van der Waals surface area (Å²) in [7, 11) is 3.60. The van der Waals surface area contributed by atoms with E-state index >= 15 is 0 Å². The highest BCUT2D eigenvalue weighted by atomic mass is 16.6. The minimum atomic E-state index is -0.816. The molecule has 4 bridgehead atoms. The maximum atomic E-state index is 11.4. The molecule has 2 heterocycles. The molecular formula is C27H37NO4. The third-order valence-electron chi connectivity index (χ3n) is 10.7. The van der Waals surface area contributed by atoms with Gasteiger partial charge >= 0.3 is 0 Å². The third-order valence-corrected chi connectivity index (χ3v) is 10.7. The lowest BCUT2D eigenvalue weighted by atomic mass is 9.34. The van der Waals surface area contributed by atoms with Gasteiger partial charge in [0.05, 0.1) is 12.7 Å². The number of methoxy groups -OCH3 is 2. The van der Waals surface area contributed by atoms with E-state index in [9.17, 15) is 5.11 Å². The van der Waals surface area contributed by atoms with Gasteiger partial charge in [-0.3, -0.25) is 4.90 Å². The standard InChI is InChI=1S/C27H37NO4/c1-24(2,29)19-14-25-9-10-27(19,31-4)23-26(25)11-12-28(15-16-5-6-16)20(25)13-17-7-8-18(30-3)22(32-23)21(17)26/h7-8,16,19-20,23,29H,5-6,9-15H2,1-4H3/t19?,20?,23?,25?,26-,27?/m0/s1. The lowest BCUT2D eigenvalue weighted by Gasteiger charge is -2.75. The monoisotopic (exact) mass is 439 g/mol. The van der Waals surface area contributed by atoms with Crippen LogP contribution in [0.2, 0.25) is 0 Å². The van der Waals surface area contributed by atoms with E-state index in [2.05, 4.69) is 17.0 Å². The molecular weight excluding hydrogens is 402 g/mol. The summed E-state index contributed by atoms with van der Waals surface area (Å²) in [6, 6.07) is 4.94. The van der Waals surface area contributed by atoms with Gasteiger partial charge in [0.15, 0.2) is 11.5 Å². The molecule has 1 aromatic rings. The van der Waals surface area contributed by atoms with Gasteiger partial charge in [-0.1, -0.05) is 6.07 Å². The van der Waals surface area contributed by atoms with Crippen LogP contribution in [0.3, 0.4) is 0 Å². The summed E-state index contributed by atoms with van der Waals surface area (Å²) in [6.45, 7) is 6.36. The number of rotatable bonds is 5. The Hall–Kier alpha value is -1.30. The van der Waals surface area contributed by atoms with E-state index in [0.29, 0.717) is 6.04 Å². The summed E-state index contributed by atoms with van der Waals surface area (Å²) in [6.07, 6.45) is 8.09. The second-order valence-electron chi connectivity index (χ2n) is 12.2. The Labute approximate surface area is 191 Å². The Balaban J connectivity index is 1.49. The fourth-order valence-electron chi connectivity index (χ4n) is 9.38. The van der Waals surface area contributed by atoms with Crippen molar-refractivity contribution in [1.29, 1.82) is 0 Å². The van der Waals surface area contributed by atoms with Crippen molar-refractivity contribution in [3.8, 4) is 11.5 Å². The van der Waals surface area contributed by atoms with Crippen LogP contribution in [0.25, 0.3) is 0 Å². The van der Waals surface area contributed by atoms with Crippen LogP contribution >= 0.6 is 0 Å². The number of likely N-dealkylation sites (tertiary alicyclic amines) is 1. The zero-order valence-corrected chi connectivity index (χ0v) is 19.9. The van der Waals surface area contributed by atoms with Crippen molar-refractivity contribution in [2.24, 2.45) is 17.3 Å². The molecule has 2 spiro atoms. The number of fused-ring (bicyclic) bond motifs is 2. The summed E-state index contributed by atoms with van der Waals surface area (Å²) in [5.41, 5.74) is 1.69. The van der Waals surface area contributed by atoms with Crippen LogP contribution in [-0.2, 0) is 16.6 Å². The quantitative estimate of drug-likeness (QED) is 0.758. The summed E-state index contributed by atoms with van der Waals surface area (Å²) >= 11 is 0. The van der Waals surface area contributed by atoms with Crippen LogP contribution < -0.4 is 9.47 Å². The molecule has 0 radical (unpaired) electrons. The van der Waals surface area contributed by atoms with Gasteiger partial charge in [-0.05, 0) is 82.9 Å². The normalized spacial score (nSPS) is 43.7. The topological polar surface area (TPSA) is 51.2 Å². The van der Waals surface area contributed by atoms with Gasteiger partial charge in [0.1, 0.15) is 11.7 Å². The van der Waals surface area contributed by atoms with Gasteiger partial charge in [0.2, 0.25) is 0 Å². The summed E-state index contributed by atoms with van der Waals surface area (Å²) in [5, 5.41) is 11.4. The van der Waals surface area contributed by atoms with Crippen LogP contribution in [-0.4, -0.2) is 60.7 Å². The van der Waals surface area contributed by atoms with Crippen molar-refractivity contribution >= 4 is 0 Å². The molecule has 1 N–H and O–H groups in total. The van der Waals surface area contributed by atoms with E-state index in [1.807, 2.05) is 21.0 Å². The first kappa shape index (κ1) is 20.1. The van der Waals surface area contributed by atoms with Crippen molar-refractivity contribution in [3.05, 3.63) is 23.3 Å². The fourth-order valence-corrected chi connectivity index (χ4v) is 9.38. The second-order valence-corrected chi connectivity index (χ2v) is 12.2. The number of piperidine rings is 1. The van der Waals surface area contributed by atoms with Crippen LogP contribution in [0.1, 0.15) is 63.5 Å². The third kappa shape index (κ3) is 2.09. The molecule has 174 valence electrons. The van der Waals surface area contributed by atoms with E-state index < -0.39 is 11.2 Å². The zero-order valence-electron chi connectivity index (χ0n) is 19.9. The Morgan fingerprint density at radius 2 is 2.00 bits per heavy atom. The number of hydrogen-bond donors (Lipinski definition) is 1. The highest BCUT2D eigenvalue weighted by molar-refractivity contribution is 5.63. The smallest absolute Gasteiger partial charge is 0.165 e. The molecule has 1 saturated heterocycles. The van der Waals surface area contributed by atoms with Crippen LogP contribution in [0.15, 0.2) is 12.1 Å². The molecule has 0 amide bonds. The van der Waals surface area contributed by atoms with Crippen molar-refractivity contribution in [2.75, 3.05) is 27.3 Å². The van der Waals surface area contributed by atoms with Gasteiger partial charge in [-0.25, -0.2) is 0 Å². The average Bonchev–Trinajstić information content (AvgIpc) is 3.51. The van der Waals surface area contributed by atoms with E-state index in [4.69, 9.17) is 14.2 Å². The Bertz CT molecular complexity index is 983. The number of nitrogens with zero attached hydrogens (tertiary/aromatic N) is 1. The predicted octanol–water partition coefficient (Wildman–Crippen LogP) is 3.69. The summed E-state index contributed by atoms with van der Waals surface area (Å²) < 4.78 is 19.3. The molecule has 6 atom stereocenters. The molecule has 5 nitrogen and oxygen atoms in total. The van der Waals surface area contributed by atoms with Crippen molar-refractivity contribution < 1.29 is 19.3 Å². The molecule has 5 aliphatic carbocycles. The lowest BCUT2D eigenvalue weighted by Crippen LogP contribution is -2.82. The van der Waals surface area contributed by atoms with E-state index in [0.717, 1.165) is 56.1 Å². The van der Waals surface area contributed by atoms with Gasteiger partial charge in [-0.2, -0.15) is 0 Å². The SMILES string of the molecule is COc1ccc2c3c1OC1C4(OC)CCC5(CC4C(C)(C)O)C(C2)N(CC2CC2)CC[C@]315. The molecule has 8 rings (SSSR count). The zero-order chi connectivity index (χ0) is 22.1. The molecule has 0 aromatic heterocycles.